The van der Waals surface area contributed by atoms with Crippen molar-refractivity contribution in [2.24, 2.45) is 28.6 Å². The van der Waals surface area contributed by atoms with Crippen molar-refractivity contribution in [1.29, 1.82) is 0 Å². The second kappa shape index (κ2) is 5.49. The molecular weight excluding hydrogens is 328 g/mol. The maximum absolute atomic E-state index is 12.4. The molecule has 26 heavy (non-hydrogen) atoms. The van der Waals surface area contributed by atoms with E-state index in [-0.39, 0.29) is 17.1 Å². The summed E-state index contributed by atoms with van der Waals surface area (Å²) >= 11 is 0. The molecule has 0 bridgehead atoms. The van der Waals surface area contributed by atoms with E-state index in [0.29, 0.717) is 24.7 Å². The lowest BCUT2D eigenvalue weighted by atomic mass is 9.49. The highest BCUT2D eigenvalue weighted by atomic mass is 16.3. The van der Waals surface area contributed by atoms with Gasteiger partial charge in [0.1, 0.15) is 12.2 Å². The summed E-state index contributed by atoms with van der Waals surface area (Å²) in [6, 6.07) is 0. The Morgan fingerprint density at radius 2 is 2.04 bits per heavy atom. The molecule has 0 heterocycles. The van der Waals surface area contributed by atoms with Gasteiger partial charge < -0.3 is 10.2 Å². The lowest BCUT2D eigenvalue weighted by Gasteiger charge is -2.55. The Labute approximate surface area is 154 Å². The summed E-state index contributed by atoms with van der Waals surface area (Å²) in [4.78, 5) is 24.3. The summed E-state index contributed by atoms with van der Waals surface area (Å²) in [6.45, 7) is 5.79. The van der Waals surface area contributed by atoms with Crippen LogP contribution in [0.25, 0.3) is 0 Å². The number of ketones is 2. The quantitative estimate of drug-likeness (QED) is 0.746. The van der Waals surface area contributed by atoms with E-state index >= 15 is 0 Å². The number of rotatable bonds is 2. The molecule has 6 unspecified atom stereocenters. The number of fused-ring (bicyclic) bond motifs is 5. The summed E-state index contributed by atoms with van der Waals surface area (Å²) in [5.41, 5.74) is 0.323. The van der Waals surface area contributed by atoms with Gasteiger partial charge in [-0.2, -0.15) is 0 Å². The van der Waals surface area contributed by atoms with Crippen molar-refractivity contribution < 1.29 is 19.8 Å². The van der Waals surface area contributed by atoms with Crippen molar-refractivity contribution >= 4 is 11.6 Å². The van der Waals surface area contributed by atoms with Gasteiger partial charge in [0.2, 0.25) is 0 Å². The maximum Gasteiger partial charge on any atom is 0.190 e. The maximum atomic E-state index is 12.4. The van der Waals surface area contributed by atoms with Crippen molar-refractivity contribution in [1.82, 2.24) is 0 Å². The van der Waals surface area contributed by atoms with Crippen LogP contribution < -0.4 is 0 Å². The Morgan fingerprint density at radius 1 is 1.31 bits per heavy atom. The van der Waals surface area contributed by atoms with E-state index in [1.54, 1.807) is 12.2 Å². The van der Waals surface area contributed by atoms with Gasteiger partial charge in [-0.25, -0.2) is 0 Å². The summed E-state index contributed by atoms with van der Waals surface area (Å²) in [5, 5.41) is 20.6. The molecule has 0 spiro atoms. The largest absolute Gasteiger partial charge is 0.388 e. The SMILES string of the molecule is CC1CC2C(=CCC3(C)C2CCC3(O)C(=O)CO)C2(C)C=CC(=O)C=C12. The number of carbonyl (C=O) groups is 2. The zero-order valence-corrected chi connectivity index (χ0v) is 15.8. The molecule has 0 radical (unpaired) electrons. The smallest absolute Gasteiger partial charge is 0.190 e. The molecule has 0 aliphatic heterocycles. The van der Waals surface area contributed by atoms with Crippen LogP contribution in [0.2, 0.25) is 0 Å². The first-order valence-corrected chi connectivity index (χ1v) is 9.70. The molecule has 0 saturated heterocycles. The molecule has 0 aromatic carbocycles. The number of allylic oxidation sites excluding steroid dienone is 6. The fourth-order valence-corrected chi connectivity index (χ4v) is 6.53. The van der Waals surface area contributed by atoms with Gasteiger partial charge in [0.25, 0.3) is 0 Å². The number of hydrogen-bond donors (Lipinski definition) is 2. The van der Waals surface area contributed by atoms with Gasteiger partial charge in [0.05, 0.1) is 0 Å². The fourth-order valence-electron chi connectivity index (χ4n) is 6.53. The molecule has 2 N–H and O–H groups in total. The van der Waals surface area contributed by atoms with Crippen LogP contribution in [-0.4, -0.2) is 34.0 Å². The second-order valence-corrected chi connectivity index (χ2v) is 9.15. The van der Waals surface area contributed by atoms with E-state index in [1.165, 1.54) is 11.1 Å². The Kier molecular flexibility index (Phi) is 3.78. The molecule has 2 saturated carbocycles. The highest BCUT2D eigenvalue weighted by Crippen LogP contribution is 2.65. The molecule has 0 amide bonds. The average molecular weight is 356 g/mol. The van der Waals surface area contributed by atoms with E-state index in [2.05, 4.69) is 19.9 Å². The van der Waals surface area contributed by atoms with Crippen LogP contribution >= 0.6 is 0 Å². The lowest BCUT2D eigenvalue weighted by Crippen LogP contribution is -2.55. The molecule has 0 aromatic rings. The van der Waals surface area contributed by atoms with E-state index in [1.807, 2.05) is 13.0 Å². The minimum atomic E-state index is -1.44. The second-order valence-electron chi connectivity index (χ2n) is 9.15. The van der Waals surface area contributed by atoms with Gasteiger partial charge in [-0.3, -0.25) is 9.59 Å². The number of aliphatic hydroxyl groups is 2. The Morgan fingerprint density at radius 3 is 2.73 bits per heavy atom. The van der Waals surface area contributed by atoms with Crippen molar-refractivity contribution in [3.05, 3.63) is 35.5 Å². The lowest BCUT2D eigenvalue weighted by molar-refractivity contribution is -0.155. The Balaban J connectivity index is 1.80. The fraction of sp³-hybridized carbons (Fsp3) is 0.636. The summed E-state index contributed by atoms with van der Waals surface area (Å²) in [5.74, 6) is 0.422. The van der Waals surface area contributed by atoms with Crippen LogP contribution in [0.5, 0.6) is 0 Å². The van der Waals surface area contributed by atoms with Gasteiger partial charge in [-0.15, -0.1) is 0 Å². The number of carbonyl (C=O) groups excluding carboxylic acids is 2. The van der Waals surface area contributed by atoms with Gasteiger partial charge >= 0.3 is 0 Å². The van der Waals surface area contributed by atoms with E-state index < -0.39 is 23.4 Å². The third-order valence-corrected chi connectivity index (χ3v) is 8.03. The molecule has 140 valence electrons. The van der Waals surface area contributed by atoms with Crippen LogP contribution in [-0.2, 0) is 9.59 Å². The average Bonchev–Trinajstić information content (AvgIpc) is 2.88. The van der Waals surface area contributed by atoms with Crippen LogP contribution in [0.15, 0.2) is 35.5 Å². The number of hydrogen-bond acceptors (Lipinski definition) is 4. The third kappa shape index (κ3) is 2.03. The first-order valence-electron chi connectivity index (χ1n) is 9.70. The van der Waals surface area contributed by atoms with Gasteiger partial charge in [0.15, 0.2) is 11.6 Å². The topological polar surface area (TPSA) is 74.6 Å². The van der Waals surface area contributed by atoms with Crippen LogP contribution in [0.1, 0.15) is 46.5 Å². The third-order valence-electron chi connectivity index (χ3n) is 8.03. The molecule has 4 aliphatic rings. The van der Waals surface area contributed by atoms with Crippen molar-refractivity contribution in [3.8, 4) is 0 Å². The molecule has 2 fully saturated rings. The number of Topliss-reactive ketones (excluding diaryl/α,β-unsaturated/α-hetero) is 1. The monoisotopic (exact) mass is 356 g/mol. The van der Waals surface area contributed by atoms with Crippen molar-refractivity contribution in [2.75, 3.05) is 6.61 Å². The minimum Gasteiger partial charge on any atom is -0.388 e. The first-order chi connectivity index (χ1) is 12.2. The first kappa shape index (κ1) is 17.9. The van der Waals surface area contributed by atoms with Gasteiger partial charge in [0, 0.05) is 10.8 Å². The van der Waals surface area contributed by atoms with E-state index in [0.717, 1.165) is 12.8 Å². The van der Waals surface area contributed by atoms with Crippen molar-refractivity contribution in [2.45, 2.75) is 52.1 Å². The van der Waals surface area contributed by atoms with Crippen LogP contribution in [0.3, 0.4) is 0 Å². The van der Waals surface area contributed by atoms with Gasteiger partial charge in [-0.1, -0.05) is 31.6 Å². The highest BCUT2D eigenvalue weighted by Gasteiger charge is 2.64. The highest BCUT2D eigenvalue weighted by molar-refractivity contribution is 6.01. The normalized spacial score (nSPS) is 46.8. The van der Waals surface area contributed by atoms with E-state index in [4.69, 9.17) is 0 Å². The molecular formula is C22H28O4. The molecule has 4 heteroatoms. The molecule has 6 atom stereocenters. The zero-order chi connectivity index (χ0) is 18.9. The predicted molar refractivity (Wildman–Crippen MR) is 98.2 cm³/mol. The molecule has 4 nitrogen and oxygen atoms in total. The predicted octanol–water partition coefficient (Wildman–Crippen LogP) is 2.75. The molecule has 0 aromatic heterocycles. The minimum absolute atomic E-state index is 0.0628. The molecule has 4 aliphatic carbocycles. The van der Waals surface area contributed by atoms with Gasteiger partial charge in [-0.05, 0) is 68.1 Å². The van der Waals surface area contributed by atoms with Crippen LogP contribution in [0, 0.1) is 28.6 Å². The van der Waals surface area contributed by atoms with Crippen molar-refractivity contribution in [3.63, 3.8) is 0 Å². The summed E-state index contributed by atoms with van der Waals surface area (Å²) < 4.78 is 0. The zero-order valence-electron chi connectivity index (χ0n) is 15.8. The Bertz CT molecular complexity index is 775. The summed E-state index contributed by atoms with van der Waals surface area (Å²) in [7, 11) is 0. The Hall–Kier alpha value is -1.52. The molecule has 4 rings (SSSR count). The van der Waals surface area contributed by atoms with Crippen LogP contribution in [0.4, 0.5) is 0 Å². The summed E-state index contributed by atoms with van der Waals surface area (Å²) in [6.07, 6.45) is 10.5. The number of aliphatic hydroxyl groups excluding tert-OH is 1. The van der Waals surface area contributed by atoms with E-state index in [9.17, 15) is 19.8 Å². The standard InChI is InChI=1S/C22H28O4/c1-13-10-15-16(20(2)7-4-14(24)11-18(13)20)5-8-21(3)17(15)6-9-22(21,26)19(25)12-23/h4-5,7,11,13,15,17,23,26H,6,8-10,12H2,1-3H3.